The van der Waals surface area contributed by atoms with Crippen molar-refractivity contribution in [3.05, 3.63) is 95.3 Å². The molecule has 0 radical (unpaired) electrons. The van der Waals surface area contributed by atoms with Gasteiger partial charge in [0.2, 0.25) is 0 Å². The minimum atomic E-state index is -0.789. The Balaban J connectivity index is 1.85. The highest BCUT2D eigenvalue weighted by atomic mass is 16.5. The minimum absolute atomic E-state index is 0.0340. The fourth-order valence-electron chi connectivity index (χ4n) is 3.88. The number of pyridine rings is 1. The first-order valence-corrected chi connectivity index (χ1v) is 10.6. The zero-order chi connectivity index (χ0) is 22.7. The maximum atomic E-state index is 13.1. The van der Waals surface area contributed by atoms with E-state index in [1.165, 1.54) is 4.90 Å². The Hall–Kier alpha value is -3.93. The molecule has 4 rings (SSSR count). The second-order valence-corrected chi connectivity index (χ2v) is 7.43. The van der Waals surface area contributed by atoms with Gasteiger partial charge in [-0.3, -0.25) is 19.5 Å². The molecule has 1 aromatic heterocycles. The number of nitrogens with zero attached hydrogens (tertiary/aromatic N) is 2. The predicted molar refractivity (Wildman–Crippen MR) is 122 cm³/mol. The fraction of sp³-hybridized carbons (Fsp3) is 0.192. The molecule has 3 aromatic rings. The molecule has 162 valence electrons. The van der Waals surface area contributed by atoms with Crippen LogP contribution in [-0.2, 0) is 16.0 Å². The zero-order valence-electron chi connectivity index (χ0n) is 18.0. The van der Waals surface area contributed by atoms with Gasteiger partial charge in [0.05, 0.1) is 18.2 Å². The van der Waals surface area contributed by atoms with E-state index in [0.717, 1.165) is 12.0 Å². The Morgan fingerprint density at radius 3 is 2.34 bits per heavy atom. The molecular weight excluding hydrogens is 404 g/mol. The van der Waals surface area contributed by atoms with Gasteiger partial charge in [0.1, 0.15) is 11.5 Å². The van der Waals surface area contributed by atoms with E-state index in [9.17, 15) is 14.7 Å². The second kappa shape index (κ2) is 9.06. The highest BCUT2D eigenvalue weighted by molar-refractivity contribution is 6.51. The number of aryl methyl sites for hydroxylation is 1. The van der Waals surface area contributed by atoms with Crippen molar-refractivity contribution >= 4 is 23.1 Å². The van der Waals surface area contributed by atoms with Gasteiger partial charge in [-0.1, -0.05) is 25.1 Å². The summed E-state index contributed by atoms with van der Waals surface area (Å²) >= 11 is 0. The van der Waals surface area contributed by atoms with Crippen LogP contribution < -0.4 is 9.64 Å². The molecule has 0 spiro atoms. The molecule has 1 N–H and O–H groups in total. The van der Waals surface area contributed by atoms with Crippen LogP contribution >= 0.6 is 0 Å². The molecule has 32 heavy (non-hydrogen) atoms. The number of rotatable bonds is 6. The lowest BCUT2D eigenvalue weighted by Crippen LogP contribution is -2.29. The number of carbonyl (C=O) groups is 2. The first kappa shape index (κ1) is 21.3. The molecule has 1 amide bonds. The number of aliphatic hydroxyl groups excluding tert-OH is 1. The van der Waals surface area contributed by atoms with E-state index < -0.39 is 17.7 Å². The highest BCUT2D eigenvalue weighted by Crippen LogP contribution is 2.42. The minimum Gasteiger partial charge on any atom is -0.507 e. The number of anilines is 1. The fourth-order valence-corrected chi connectivity index (χ4v) is 3.88. The van der Waals surface area contributed by atoms with Gasteiger partial charge in [-0.05, 0) is 66.9 Å². The molecular formula is C26H24N2O4. The van der Waals surface area contributed by atoms with Gasteiger partial charge >= 0.3 is 0 Å². The van der Waals surface area contributed by atoms with Crippen LogP contribution in [0.3, 0.4) is 0 Å². The van der Waals surface area contributed by atoms with Gasteiger partial charge in [-0.2, -0.15) is 0 Å². The van der Waals surface area contributed by atoms with Crippen LogP contribution in [0, 0.1) is 0 Å². The third kappa shape index (κ3) is 3.87. The maximum Gasteiger partial charge on any atom is 0.300 e. The van der Waals surface area contributed by atoms with E-state index in [2.05, 4.69) is 4.98 Å². The lowest BCUT2D eigenvalue weighted by Gasteiger charge is -2.25. The molecule has 2 aromatic carbocycles. The average molecular weight is 428 g/mol. The predicted octanol–water partition coefficient (Wildman–Crippen LogP) is 4.67. The number of Topliss-reactive ketones (excluding diaryl/α,β-unsaturated/α-hetero) is 1. The van der Waals surface area contributed by atoms with Crippen LogP contribution in [0.1, 0.15) is 36.6 Å². The van der Waals surface area contributed by atoms with Crippen molar-refractivity contribution in [3.63, 3.8) is 0 Å². The Labute approximate surface area is 186 Å². The Morgan fingerprint density at radius 2 is 1.75 bits per heavy atom. The zero-order valence-corrected chi connectivity index (χ0v) is 18.0. The summed E-state index contributed by atoms with van der Waals surface area (Å²) in [6.45, 7) is 4.46. The number of ketones is 1. The highest BCUT2D eigenvalue weighted by Gasteiger charge is 2.47. The van der Waals surface area contributed by atoms with E-state index in [-0.39, 0.29) is 11.3 Å². The number of benzene rings is 2. The SMILES string of the molecule is CCOc1ccc(/C(O)=C2/C(=O)C(=O)N(c3ccc(CC)cc3)C2c2cccnc2)cc1. The molecule has 0 aliphatic carbocycles. The van der Waals surface area contributed by atoms with Gasteiger partial charge in [-0.25, -0.2) is 0 Å². The van der Waals surface area contributed by atoms with Gasteiger partial charge < -0.3 is 9.84 Å². The standard InChI is InChI=1S/C26H24N2O4/c1-3-17-7-11-20(12-8-17)28-23(19-6-5-15-27-16-19)22(25(30)26(28)31)24(29)18-9-13-21(14-10-18)32-4-2/h5-16,23,29H,3-4H2,1-2H3/b24-22-. The van der Waals surface area contributed by atoms with Crippen LogP contribution in [0.5, 0.6) is 5.75 Å². The molecule has 1 saturated heterocycles. The summed E-state index contributed by atoms with van der Waals surface area (Å²) in [6, 6.07) is 17.0. The first-order chi connectivity index (χ1) is 15.5. The molecule has 1 aliphatic heterocycles. The summed E-state index contributed by atoms with van der Waals surface area (Å²) in [4.78, 5) is 31.8. The van der Waals surface area contributed by atoms with Gasteiger partial charge in [0.15, 0.2) is 0 Å². The molecule has 1 atom stereocenters. The van der Waals surface area contributed by atoms with Gasteiger partial charge in [0, 0.05) is 23.6 Å². The number of hydrogen-bond acceptors (Lipinski definition) is 5. The molecule has 0 saturated carbocycles. The van der Waals surface area contributed by atoms with Crippen molar-refractivity contribution in [2.75, 3.05) is 11.5 Å². The number of aliphatic hydroxyl groups is 1. The molecule has 1 fully saturated rings. The van der Waals surface area contributed by atoms with Crippen LogP contribution in [0.2, 0.25) is 0 Å². The Morgan fingerprint density at radius 1 is 1.03 bits per heavy atom. The summed E-state index contributed by atoms with van der Waals surface area (Å²) < 4.78 is 5.45. The van der Waals surface area contributed by atoms with Crippen molar-refractivity contribution in [2.45, 2.75) is 26.3 Å². The molecule has 1 aliphatic rings. The third-order valence-corrected chi connectivity index (χ3v) is 5.51. The third-order valence-electron chi connectivity index (χ3n) is 5.51. The van der Waals surface area contributed by atoms with E-state index in [4.69, 9.17) is 4.74 Å². The average Bonchev–Trinajstić information content (AvgIpc) is 3.10. The summed E-state index contributed by atoms with van der Waals surface area (Å²) in [5.41, 5.74) is 2.81. The van der Waals surface area contributed by atoms with Crippen molar-refractivity contribution in [2.24, 2.45) is 0 Å². The van der Waals surface area contributed by atoms with E-state index in [1.807, 2.05) is 38.1 Å². The quantitative estimate of drug-likeness (QED) is 0.351. The first-order valence-electron chi connectivity index (χ1n) is 10.6. The molecule has 0 bridgehead atoms. The van der Waals surface area contributed by atoms with Crippen molar-refractivity contribution in [1.82, 2.24) is 4.98 Å². The number of ether oxygens (including phenoxy) is 1. The van der Waals surface area contributed by atoms with Crippen LogP contribution in [0.4, 0.5) is 5.69 Å². The smallest absolute Gasteiger partial charge is 0.300 e. The van der Waals surface area contributed by atoms with Crippen LogP contribution in [0.15, 0.2) is 78.6 Å². The summed E-state index contributed by atoms with van der Waals surface area (Å²) in [5, 5.41) is 11.1. The van der Waals surface area contributed by atoms with E-state index in [1.54, 1.807) is 48.8 Å². The molecule has 1 unspecified atom stereocenters. The van der Waals surface area contributed by atoms with E-state index >= 15 is 0 Å². The second-order valence-electron chi connectivity index (χ2n) is 7.43. The van der Waals surface area contributed by atoms with Gasteiger partial charge in [0.25, 0.3) is 11.7 Å². The van der Waals surface area contributed by atoms with Crippen molar-refractivity contribution < 1.29 is 19.4 Å². The largest absolute Gasteiger partial charge is 0.507 e. The van der Waals surface area contributed by atoms with Crippen LogP contribution in [0.25, 0.3) is 5.76 Å². The number of amides is 1. The number of hydrogen-bond donors (Lipinski definition) is 1. The normalized spacial score (nSPS) is 17.6. The topological polar surface area (TPSA) is 79.7 Å². The van der Waals surface area contributed by atoms with Crippen molar-refractivity contribution in [1.29, 1.82) is 0 Å². The number of aromatic nitrogens is 1. The molecule has 6 nitrogen and oxygen atoms in total. The number of carbonyl (C=O) groups excluding carboxylic acids is 2. The Kier molecular flexibility index (Phi) is 6.03. The summed E-state index contributed by atoms with van der Waals surface area (Å²) in [7, 11) is 0. The molecule has 2 heterocycles. The maximum absolute atomic E-state index is 13.1. The lowest BCUT2D eigenvalue weighted by atomic mass is 9.96. The Bertz CT molecular complexity index is 1150. The molecule has 6 heteroatoms. The summed E-state index contributed by atoms with van der Waals surface area (Å²) in [5.74, 6) is -0.988. The van der Waals surface area contributed by atoms with Gasteiger partial charge in [-0.15, -0.1) is 0 Å². The van der Waals surface area contributed by atoms with Crippen molar-refractivity contribution in [3.8, 4) is 5.75 Å². The van der Waals surface area contributed by atoms with Crippen LogP contribution in [-0.4, -0.2) is 28.4 Å². The summed E-state index contributed by atoms with van der Waals surface area (Å²) in [6.07, 6.45) is 4.09. The van der Waals surface area contributed by atoms with E-state index in [0.29, 0.717) is 29.2 Å². The monoisotopic (exact) mass is 428 g/mol. The lowest BCUT2D eigenvalue weighted by molar-refractivity contribution is -0.132.